The number of furan rings is 2. The molecule has 6 nitrogen and oxygen atoms in total. The molecule has 3 rings (SSSR count). The lowest BCUT2D eigenvalue weighted by Crippen LogP contribution is -2.42. The quantitative estimate of drug-likeness (QED) is 0.638. The first-order valence-corrected chi connectivity index (χ1v) is 8.38. The lowest BCUT2D eigenvalue weighted by molar-refractivity contribution is -0.124. The van der Waals surface area contributed by atoms with E-state index in [9.17, 15) is 9.90 Å². The summed E-state index contributed by atoms with van der Waals surface area (Å²) in [5, 5.41) is 14.4. The van der Waals surface area contributed by atoms with Gasteiger partial charge < -0.3 is 24.0 Å². The molecule has 0 saturated heterocycles. The second kappa shape index (κ2) is 7.86. The molecule has 0 aliphatic heterocycles. The van der Waals surface area contributed by atoms with E-state index in [2.05, 4.69) is 5.32 Å². The molecule has 0 fully saturated rings. The van der Waals surface area contributed by atoms with Gasteiger partial charge in [-0.15, -0.1) is 0 Å². The fourth-order valence-electron chi connectivity index (χ4n) is 2.36. The summed E-state index contributed by atoms with van der Waals surface area (Å²) in [5.74, 6) is 0.174. The molecule has 3 aromatic rings. The van der Waals surface area contributed by atoms with Crippen molar-refractivity contribution in [3.63, 3.8) is 0 Å². The molecule has 2 heterocycles. The number of benzene rings is 1. The Labute approximate surface area is 159 Å². The monoisotopic (exact) mass is 395 g/mol. The SMILES string of the molecule is O=C(COc1ccc(Cl)cc1Cl)NC[C@](O)(c1ccoc1)c1ccco1. The third-order valence-electron chi connectivity index (χ3n) is 3.72. The number of rotatable bonds is 7. The number of aliphatic hydroxyl groups is 1. The first-order valence-electron chi connectivity index (χ1n) is 7.62. The summed E-state index contributed by atoms with van der Waals surface area (Å²) in [5.41, 5.74) is -1.11. The topological polar surface area (TPSA) is 84.8 Å². The van der Waals surface area contributed by atoms with Crippen LogP contribution in [0.25, 0.3) is 0 Å². The van der Waals surface area contributed by atoms with E-state index in [4.69, 9.17) is 36.8 Å². The third kappa shape index (κ3) is 4.04. The minimum absolute atomic E-state index is 0.128. The predicted octanol–water partition coefficient (Wildman–Crippen LogP) is 3.61. The summed E-state index contributed by atoms with van der Waals surface area (Å²) in [6, 6.07) is 9.55. The fraction of sp³-hybridized carbons (Fsp3) is 0.167. The lowest BCUT2D eigenvalue weighted by atomic mass is 9.93. The van der Waals surface area contributed by atoms with Crippen molar-refractivity contribution < 1.29 is 23.5 Å². The van der Waals surface area contributed by atoms with E-state index in [0.717, 1.165) is 0 Å². The summed E-state index contributed by atoms with van der Waals surface area (Å²) in [4.78, 5) is 12.1. The Kier molecular flexibility index (Phi) is 5.56. The van der Waals surface area contributed by atoms with Crippen LogP contribution in [0.1, 0.15) is 11.3 Å². The fourth-order valence-corrected chi connectivity index (χ4v) is 2.82. The Bertz CT molecular complexity index is 828. The minimum Gasteiger partial charge on any atom is -0.482 e. The first-order chi connectivity index (χ1) is 12.5. The van der Waals surface area contributed by atoms with Crippen LogP contribution >= 0.6 is 23.2 Å². The van der Waals surface area contributed by atoms with Gasteiger partial charge in [0.1, 0.15) is 11.5 Å². The summed E-state index contributed by atoms with van der Waals surface area (Å²) >= 11 is 11.8. The molecule has 26 heavy (non-hydrogen) atoms. The molecule has 0 aliphatic rings. The van der Waals surface area contributed by atoms with Crippen molar-refractivity contribution in [2.24, 2.45) is 0 Å². The number of ether oxygens (including phenoxy) is 1. The highest BCUT2D eigenvalue weighted by Gasteiger charge is 2.36. The number of amides is 1. The van der Waals surface area contributed by atoms with E-state index in [1.54, 1.807) is 30.3 Å². The maximum absolute atomic E-state index is 12.1. The maximum Gasteiger partial charge on any atom is 0.258 e. The molecule has 0 spiro atoms. The Hall–Kier alpha value is -2.41. The summed E-state index contributed by atoms with van der Waals surface area (Å²) in [6.07, 6.45) is 4.25. The molecule has 1 aromatic carbocycles. The Morgan fingerprint density at radius 1 is 1.23 bits per heavy atom. The Morgan fingerprint density at radius 2 is 2.08 bits per heavy atom. The smallest absolute Gasteiger partial charge is 0.258 e. The van der Waals surface area contributed by atoms with E-state index in [1.165, 1.54) is 24.9 Å². The molecular formula is C18H15Cl2NO5. The highest BCUT2D eigenvalue weighted by Crippen LogP contribution is 2.30. The van der Waals surface area contributed by atoms with Crippen molar-refractivity contribution in [3.05, 3.63) is 76.6 Å². The van der Waals surface area contributed by atoms with Crippen molar-refractivity contribution in [3.8, 4) is 5.75 Å². The highest BCUT2D eigenvalue weighted by molar-refractivity contribution is 6.35. The standard InChI is InChI=1S/C18H15Cl2NO5/c19-13-3-4-15(14(20)8-13)26-10-17(22)21-11-18(23,12-5-7-24-9-12)16-2-1-6-25-16/h1-9,23H,10-11H2,(H,21,22)/t18-/m0/s1. The van der Waals surface area contributed by atoms with Gasteiger partial charge in [-0.25, -0.2) is 0 Å². The van der Waals surface area contributed by atoms with Crippen LogP contribution in [0.5, 0.6) is 5.75 Å². The van der Waals surface area contributed by atoms with E-state index >= 15 is 0 Å². The van der Waals surface area contributed by atoms with Crippen LogP contribution in [0, 0.1) is 0 Å². The van der Waals surface area contributed by atoms with E-state index < -0.39 is 11.5 Å². The van der Waals surface area contributed by atoms with Crippen LogP contribution < -0.4 is 10.1 Å². The number of carbonyl (C=O) groups excluding carboxylic acids is 1. The van der Waals surface area contributed by atoms with Gasteiger partial charge in [0.05, 0.1) is 30.4 Å². The van der Waals surface area contributed by atoms with Gasteiger partial charge >= 0.3 is 0 Å². The average Bonchev–Trinajstić information content (AvgIpc) is 3.32. The number of nitrogens with one attached hydrogen (secondary N) is 1. The van der Waals surface area contributed by atoms with Gasteiger partial charge in [-0.05, 0) is 36.4 Å². The molecule has 8 heteroatoms. The molecule has 0 saturated carbocycles. The molecule has 0 radical (unpaired) electrons. The van der Waals surface area contributed by atoms with Crippen molar-refractivity contribution in [1.82, 2.24) is 5.32 Å². The zero-order valence-electron chi connectivity index (χ0n) is 13.4. The molecule has 0 unspecified atom stereocenters. The van der Waals surface area contributed by atoms with Gasteiger partial charge in [0.25, 0.3) is 5.91 Å². The second-order valence-corrected chi connectivity index (χ2v) is 6.33. The molecule has 0 aliphatic carbocycles. The molecule has 2 aromatic heterocycles. The summed E-state index contributed by atoms with van der Waals surface area (Å²) < 4.78 is 15.7. The molecule has 136 valence electrons. The molecule has 0 bridgehead atoms. The van der Waals surface area contributed by atoms with Gasteiger partial charge in [-0.3, -0.25) is 4.79 Å². The Balaban J connectivity index is 1.63. The van der Waals surface area contributed by atoms with Crippen LogP contribution in [0.3, 0.4) is 0 Å². The van der Waals surface area contributed by atoms with Crippen LogP contribution in [0.15, 0.2) is 64.0 Å². The number of halogens is 2. The van der Waals surface area contributed by atoms with Crippen LogP contribution in [-0.4, -0.2) is 24.2 Å². The second-order valence-electron chi connectivity index (χ2n) is 5.49. The number of carbonyl (C=O) groups is 1. The van der Waals surface area contributed by atoms with Gasteiger partial charge in [-0.2, -0.15) is 0 Å². The average molecular weight is 396 g/mol. The van der Waals surface area contributed by atoms with Gasteiger partial charge in [0.15, 0.2) is 12.2 Å². The largest absolute Gasteiger partial charge is 0.482 e. The maximum atomic E-state index is 12.1. The van der Waals surface area contributed by atoms with Crippen molar-refractivity contribution in [2.75, 3.05) is 13.2 Å². The zero-order valence-corrected chi connectivity index (χ0v) is 15.0. The minimum atomic E-state index is -1.57. The van der Waals surface area contributed by atoms with E-state index in [1.807, 2.05) is 0 Å². The molecule has 2 N–H and O–H groups in total. The number of hydrogen-bond acceptors (Lipinski definition) is 5. The predicted molar refractivity (Wildman–Crippen MR) is 95.4 cm³/mol. The summed E-state index contributed by atoms with van der Waals surface area (Å²) in [7, 11) is 0. The third-order valence-corrected chi connectivity index (χ3v) is 4.25. The van der Waals surface area contributed by atoms with Gasteiger partial charge in [0, 0.05) is 10.6 Å². The lowest BCUT2D eigenvalue weighted by Gasteiger charge is -2.25. The Morgan fingerprint density at radius 3 is 2.73 bits per heavy atom. The summed E-state index contributed by atoms with van der Waals surface area (Å²) in [6.45, 7) is -0.405. The first kappa shape index (κ1) is 18.4. The van der Waals surface area contributed by atoms with Gasteiger partial charge in [-0.1, -0.05) is 23.2 Å². The van der Waals surface area contributed by atoms with Crippen molar-refractivity contribution in [1.29, 1.82) is 0 Å². The van der Waals surface area contributed by atoms with Crippen LogP contribution in [-0.2, 0) is 10.4 Å². The van der Waals surface area contributed by atoms with Crippen LogP contribution in [0.4, 0.5) is 0 Å². The zero-order chi connectivity index (χ0) is 18.6. The molecule has 1 atom stereocenters. The van der Waals surface area contributed by atoms with Crippen molar-refractivity contribution >= 4 is 29.1 Å². The van der Waals surface area contributed by atoms with E-state index in [0.29, 0.717) is 21.4 Å². The molecular weight excluding hydrogens is 381 g/mol. The molecule has 1 amide bonds. The van der Waals surface area contributed by atoms with E-state index in [-0.39, 0.29) is 18.9 Å². The van der Waals surface area contributed by atoms with Crippen LogP contribution in [0.2, 0.25) is 10.0 Å². The number of hydrogen-bond donors (Lipinski definition) is 2. The van der Waals surface area contributed by atoms with Crippen molar-refractivity contribution in [2.45, 2.75) is 5.60 Å². The van der Waals surface area contributed by atoms with Gasteiger partial charge in [0.2, 0.25) is 0 Å². The normalized spacial score (nSPS) is 13.2. The highest BCUT2D eigenvalue weighted by atomic mass is 35.5.